The van der Waals surface area contributed by atoms with Crippen molar-refractivity contribution in [3.8, 4) is 5.75 Å². The number of alkyl halides is 3. The van der Waals surface area contributed by atoms with Crippen LogP contribution in [0.15, 0.2) is 24.3 Å². The third kappa shape index (κ3) is 4.92. The smallest absolute Gasteiger partial charge is 0.406 e. The Morgan fingerprint density at radius 2 is 1.94 bits per heavy atom. The zero-order chi connectivity index (χ0) is 14.0. The van der Waals surface area contributed by atoms with Crippen LogP contribution in [-0.4, -0.2) is 32.4 Å². The van der Waals surface area contributed by atoms with Crippen LogP contribution in [0.5, 0.6) is 5.75 Å². The minimum absolute atomic E-state index is 0.0199. The second kappa shape index (κ2) is 5.15. The lowest BCUT2D eigenvalue weighted by Gasteiger charge is -2.15. The molecule has 0 unspecified atom stereocenters. The van der Waals surface area contributed by atoms with Crippen molar-refractivity contribution >= 4 is 10.0 Å². The van der Waals surface area contributed by atoms with Crippen LogP contribution in [-0.2, 0) is 16.6 Å². The van der Waals surface area contributed by atoms with E-state index in [-0.39, 0.29) is 12.3 Å². The average Bonchev–Trinajstić information content (AvgIpc) is 2.13. The monoisotopic (exact) mass is 283 g/mol. The highest BCUT2D eigenvalue weighted by Crippen LogP contribution is 2.23. The molecule has 0 aliphatic heterocycles. The standard InChI is InChI=1S/C10H12F3NO3S/c1-14(18(2,15)16)7-8-4-3-5-9(6-8)17-10(11,12)13/h3-6H,7H2,1-2H3. The predicted molar refractivity (Wildman–Crippen MR) is 59.4 cm³/mol. The van der Waals surface area contributed by atoms with E-state index in [9.17, 15) is 21.6 Å². The molecular formula is C10H12F3NO3S. The summed E-state index contributed by atoms with van der Waals surface area (Å²) in [4.78, 5) is 0. The number of rotatable bonds is 4. The molecule has 0 atom stereocenters. The molecule has 0 fully saturated rings. The van der Waals surface area contributed by atoms with Crippen LogP contribution >= 0.6 is 0 Å². The Kier molecular flexibility index (Phi) is 4.23. The van der Waals surface area contributed by atoms with E-state index >= 15 is 0 Å². The summed E-state index contributed by atoms with van der Waals surface area (Å²) in [5, 5.41) is 0. The van der Waals surface area contributed by atoms with Crippen LogP contribution < -0.4 is 4.74 Å². The lowest BCUT2D eigenvalue weighted by Crippen LogP contribution is -2.25. The van der Waals surface area contributed by atoms with Gasteiger partial charge in [0, 0.05) is 13.6 Å². The zero-order valence-electron chi connectivity index (χ0n) is 9.73. The van der Waals surface area contributed by atoms with Crippen LogP contribution in [0.1, 0.15) is 5.56 Å². The van der Waals surface area contributed by atoms with E-state index in [0.29, 0.717) is 5.56 Å². The van der Waals surface area contributed by atoms with Crippen molar-refractivity contribution in [2.45, 2.75) is 12.9 Å². The molecule has 0 aromatic heterocycles. The average molecular weight is 283 g/mol. The maximum absolute atomic E-state index is 12.0. The third-order valence-electron chi connectivity index (χ3n) is 2.10. The summed E-state index contributed by atoms with van der Waals surface area (Å²) in [6.07, 6.45) is -3.75. The Morgan fingerprint density at radius 1 is 1.33 bits per heavy atom. The molecule has 0 radical (unpaired) electrons. The van der Waals surface area contributed by atoms with Gasteiger partial charge in [-0.15, -0.1) is 13.2 Å². The molecule has 0 aliphatic carbocycles. The molecule has 102 valence electrons. The molecule has 0 saturated heterocycles. The van der Waals surface area contributed by atoms with E-state index in [2.05, 4.69) is 4.74 Å². The molecule has 4 nitrogen and oxygen atoms in total. The number of nitrogens with zero attached hydrogens (tertiary/aromatic N) is 1. The van der Waals surface area contributed by atoms with Crippen LogP contribution in [0.3, 0.4) is 0 Å². The van der Waals surface area contributed by atoms with Gasteiger partial charge in [-0.3, -0.25) is 0 Å². The van der Waals surface area contributed by atoms with Gasteiger partial charge in [-0.05, 0) is 17.7 Å². The maximum atomic E-state index is 12.0. The van der Waals surface area contributed by atoms with Crippen molar-refractivity contribution in [3.63, 3.8) is 0 Å². The number of hydrogen-bond acceptors (Lipinski definition) is 3. The van der Waals surface area contributed by atoms with Crippen LogP contribution in [0.25, 0.3) is 0 Å². The van der Waals surface area contributed by atoms with Crippen molar-refractivity contribution < 1.29 is 26.3 Å². The van der Waals surface area contributed by atoms with Gasteiger partial charge in [-0.2, -0.15) is 0 Å². The second-order valence-electron chi connectivity index (χ2n) is 3.71. The summed E-state index contributed by atoms with van der Waals surface area (Å²) in [6.45, 7) is -0.0199. The molecule has 18 heavy (non-hydrogen) atoms. The van der Waals surface area contributed by atoms with Crippen LogP contribution in [0.2, 0.25) is 0 Å². The minimum Gasteiger partial charge on any atom is -0.406 e. The van der Waals surface area contributed by atoms with Gasteiger partial charge in [0.15, 0.2) is 0 Å². The number of benzene rings is 1. The third-order valence-corrected chi connectivity index (χ3v) is 3.36. The molecule has 8 heteroatoms. The minimum atomic E-state index is -4.76. The Morgan fingerprint density at radius 3 is 2.44 bits per heavy atom. The van der Waals surface area contributed by atoms with E-state index in [4.69, 9.17) is 0 Å². The SMILES string of the molecule is CN(Cc1cccc(OC(F)(F)F)c1)S(C)(=O)=O. The fraction of sp³-hybridized carbons (Fsp3) is 0.400. The first kappa shape index (κ1) is 14.8. The molecular weight excluding hydrogens is 271 g/mol. The molecule has 0 spiro atoms. The Bertz CT molecular complexity index is 513. The largest absolute Gasteiger partial charge is 0.573 e. The van der Waals surface area contributed by atoms with Crippen molar-refractivity contribution in [2.75, 3.05) is 13.3 Å². The van der Waals surface area contributed by atoms with E-state index < -0.39 is 16.4 Å². The summed E-state index contributed by atoms with van der Waals surface area (Å²) in [7, 11) is -2.04. The zero-order valence-corrected chi connectivity index (χ0v) is 10.5. The van der Waals surface area contributed by atoms with Gasteiger partial charge in [0.1, 0.15) is 5.75 Å². The van der Waals surface area contributed by atoms with Crippen molar-refractivity contribution in [2.24, 2.45) is 0 Å². The summed E-state index contributed by atoms with van der Waals surface area (Å²) in [5.41, 5.74) is 0.407. The molecule has 1 aromatic rings. The van der Waals surface area contributed by atoms with Crippen molar-refractivity contribution in [3.05, 3.63) is 29.8 Å². The normalized spacial score (nSPS) is 12.8. The number of hydrogen-bond donors (Lipinski definition) is 0. The molecule has 0 saturated carbocycles. The fourth-order valence-corrected chi connectivity index (χ4v) is 1.60. The van der Waals surface area contributed by atoms with E-state index in [1.54, 1.807) is 0 Å². The molecule has 0 N–H and O–H groups in total. The Hall–Kier alpha value is -1.28. The topological polar surface area (TPSA) is 46.6 Å². The lowest BCUT2D eigenvalue weighted by molar-refractivity contribution is -0.274. The van der Waals surface area contributed by atoms with E-state index in [0.717, 1.165) is 22.7 Å². The Balaban J connectivity index is 2.83. The van der Waals surface area contributed by atoms with Gasteiger partial charge in [0.2, 0.25) is 10.0 Å². The first-order chi connectivity index (χ1) is 8.08. The first-order valence-corrected chi connectivity index (χ1v) is 6.69. The molecule has 0 heterocycles. The van der Waals surface area contributed by atoms with E-state index in [1.165, 1.54) is 19.2 Å². The van der Waals surface area contributed by atoms with Crippen LogP contribution in [0.4, 0.5) is 13.2 Å². The second-order valence-corrected chi connectivity index (χ2v) is 5.80. The van der Waals surface area contributed by atoms with Gasteiger partial charge in [-0.1, -0.05) is 12.1 Å². The fourth-order valence-electron chi connectivity index (χ4n) is 1.22. The molecule has 0 aliphatic rings. The predicted octanol–water partition coefficient (Wildman–Crippen LogP) is 1.98. The summed E-state index contributed by atoms with van der Waals surface area (Å²) in [5.74, 6) is -0.373. The van der Waals surface area contributed by atoms with Gasteiger partial charge in [0.25, 0.3) is 0 Å². The van der Waals surface area contributed by atoms with Gasteiger partial charge in [-0.25, -0.2) is 12.7 Å². The van der Waals surface area contributed by atoms with Gasteiger partial charge >= 0.3 is 6.36 Å². The number of halogens is 3. The highest BCUT2D eigenvalue weighted by molar-refractivity contribution is 7.88. The molecule has 0 bridgehead atoms. The van der Waals surface area contributed by atoms with Crippen LogP contribution in [0, 0.1) is 0 Å². The van der Waals surface area contributed by atoms with Gasteiger partial charge < -0.3 is 4.74 Å². The van der Waals surface area contributed by atoms with E-state index in [1.807, 2.05) is 0 Å². The number of ether oxygens (including phenoxy) is 1. The van der Waals surface area contributed by atoms with Gasteiger partial charge in [0.05, 0.1) is 6.26 Å². The quantitative estimate of drug-likeness (QED) is 0.849. The molecule has 1 aromatic carbocycles. The van der Waals surface area contributed by atoms with Crippen molar-refractivity contribution in [1.29, 1.82) is 0 Å². The lowest BCUT2D eigenvalue weighted by atomic mass is 10.2. The first-order valence-electron chi connectivity index (χ1n) is 4.84. The molecule has 1 rings (SSSR count). The Labute approximate surface area is 103 Å². The molecule has 0 amide bonds. The number of sulfonamides is 1. The summed E-state index contributed by atoms with van der Waals surface area (Å²) >= 11 is 0. The highest BCUT2D eigenvalue weighted by Gasteiger charge is 2.31. The highest BCUT2D eigenvalue weighted by atomic mass is 32.2. The maximum Gasteiger partial charge on any atom is 0.573 e. The summed E-state index contributed by atoms with van der Waals surface area (Å²) in [6, 6.07) is 5.18. The van der Waals surface area contributed by atoms with Crippen molar-refractivity contribution in [1.82, 2.24) is 4.31 Å². The summed E-state index contributed by atoms with van der Waals surface area (Å²) < 4.78 is 63.1.